The van der Waals surface area contributed by atoms with Gasteiger partial charge in [-0.3, -0.25) is 9.59 Å². The molecule has 2 amide bonds. The lowest BCUT2D eigenvalue weighted by Gasteiger charge is -2.30. The van der Waals surface area contributed by atoms with Crippen LogP contribution < -0.4 is 10.6 Å². The Balaban J connectivity index is 3.72. The van der Waals surface area contributed by atoms with Crippen LogP contribution in [0.25, 0.3) is 0 Å². The lowest BCUT2D eigenvalue weighted by Crippen LogP contribution is -2.49. The van der Waals surface area contributed by atoms with Crippen LogP contribution in [0.3, 0.4) is 0 Å². The minimum Gasteiger partial charge on any atom is -0.354 e. The van der Waals surface area contributed by atoms with Gasteiger partial charge in [0, 0.05) is 13.0 Å². The maximum Gasteiger partial charge on any atom is 0.242 e. The fourth-order valence-corrected chi connectivity index (χ4v) is 6.39. The van der Waals surface area contributed by atoms with Crippen LogP contribution in [-0.2, 0) is 9.59 Å². The second kappa shape index (κ2) is 31.5. The maximum atomic E-state index is 12.7. The molecule has 2 N–H and O–H groups in total. The third kappa shape index (κ3) is 30.0. The van der Waals surface area contributed by atoms with Gasteiger partial charge in [-0.25, -0.2) is 0 Å². The Kier molecular flexibility index (Phi) is 30.7. The summed E-state index contributed by atoms with van der Waals surface area (Å²) in [7, 11) is 4.77. The first kappa shape index (κ1) is 43.9. The molecule has 0 bridgehead atoms. The maximum absolute atomic E-state index is 12.7. The van der Waals surface area contributed by atoms with Crippen LogP contribution >= 0.6 is 0 Å². The van der Waals surface area contributed by atoms with E-state index in [1.54, 1.807) is 0 Å². The van der Waals surface area contributed by atoms with E-state index in [0.717, 1.165) is 30.2 Å². The molecule has 0 saturated heterocycles. The van der Waals surface area contributed by atoms with Gasteiger partial charge >= 0.3 is 0 Å². The van der Waals surface area contributed by atoms with Gasteiger partial charge in [-0.05, 0) is 44.4 Å². The van der Waals surface area contributed by atoms with Gasteiger partial charge in [0.2, 0.25) is 11.8 Å². The SMILES string of the molecule is CCCCCCCCCCCCCCCCCC[N+](C)(C)CCCCCCNC(=O)[C@@H](NC(=O)CCCCCCCC)C(C)C. The summed E-state index contributed by atoms with van der Waals surface area (Å²) in [5, 5.41) is 6.07. The van der Waals surface area contributed by atoms with Crippen molar-refractivity contribution in [1.82, 2.24) is 10.6 Å². The summed E-state index contributed by atoms with van der Waals surface area (Å²) < 4.78 is 1.13. The zero-order valence-electron chi connectivity index (χ0n) is 31.6. The summed E-state index contributed by atoms with van der Waals surface area (Å²) in [5.74, 6) is 0.0745. The molecule has 0 radical (unpaired) electrons. The normalized spacial score (nSPS) is 12.5. The molecule has 268 valence electrons. The third-order valence-electron chi connectivity index (χ3n) is 9.63. The summed E-state index contributed by atoms with van der Waals surface area (Å²) in [6.45, 7) is 11.8. The second-order valence-corrected chi connectivity index (χ2v) is 15.2. The first-order chi connectivity index (χ1) is 21.7. The van der Waals surface area contributed by atoms with E-state index in [2.05, 4.69) is 38.6 Å². The highest BCUT2D eigenvalue weighted by Gasteiger charge is 2.23. The molecule has 0 fully saturated rings. The van der Waals surface area contributed by atoms with Gasteiger partial charge in [-0.15, -0.1) is 0 Å². The smallest absolute Gasteiger partial charge is 0.242 e. The predicted molar refractivity (Wildman–Crippen MR) is 198 cm³/mol. The number of unbranched alkanes of at least 4 members (excludes halogenated alkanes) is 23. The Bertz CT molecular complexity index is 664. The Labute approximate surface area is 282 Å². The topological polar surface area (TPSA) is 58.2 Å². The van der Waals surface area contributed by atoms with Crippen molar-refractivity contribution in [3.8, 4) is 0 Å². The molecule has 0 heterocycles. The number of hydrogen-bond donors (Lipinski definition) is 2. The van der Waals surface area contributed by atoms with Crippen molar-refractivity contribution in [2.24, 2.45) is 5.92 Å². The standard InChI is InChI=1S/C40H81N3O2/c1-7-9-11-13-15-16-17-18-19-20-21-22-23-24-27-31-35-43(5,6)36-32-28-26-30-34-41-40(45)39(37(3)4)42-38(44)33-29-25-14-12-10-8-2/h37,39H,7-36H2,1-6H3,(H-,41,42,44,45)/p+1/t39-/m0/s1. The van der Waals surface area contributed by atoms with Crippen molar-refractivity contribution in [3.05, 3.63) is 0 Å². The van der Waals surface area contributed by atoms with Crippen LogP contribution in [0.5, 0.6) is 0 Å². The summed E-state index contributed by atoms with van der Waals surface area (Å²) in [5.41, 5.74) is 0. The molecule has 0 aromatic carbocycles. The number of hydrogen-bond acceptors (Lipinski definition) is 2. The van der Waals surface area contributed by atoms with Crippen molar-refractivity contribution < 1.29 is 14.1 Å². The van der Waals surface area contributed by atoms with E-state index in [9.17, 15) is 9.59 Å². The number of nitrogens with zero attached hydrogens (tertiary/aromatic N) is 1. The first-order valence-corrected chi connectivity index (χ1v) is 20.1. The monoisotopic (exact) mass is 637 g/mol. The van der Waals surface area contributed by atoms with Crippen LogP contribution in [-0.4, -0.2) is 56.1 Å². The fourth-order valence-electron chi connectivity index (χ4n) is 6.39. The molecule has 0 saturated carbocycles. The van der Waals surface area contributed by atoms with E-state index in [1.807, 2.05) is 13.8 Å². The fraction of sp³-hybridized carbons (Fsp3) is 0.950. The van der Waals surface area contributed by atoms with Crippen LogP contribution in [0.2, 0.25) is 0 Å². The predicted octanol–water partition coefficient (Wildman–Crippen LogP) is 10.9. The van der Waals surface area contributed by atoms with Crippen LogP contribution in [0.4, 0.5) is 0 Å². The molecule has 0 aliphatic rings. The van der Waals surface area contributed by atoms with Gasteiger partial charge < -0.3 is 15.1 Å². The number of rotatable bonds is 34. The molecule has 0 aliphatic carbocycles. The quantitative estimate of drug-likeness (QED) is 0.0545. The lowest BCUT2D eigenvalue weighted by atomic mass is 10.0. The van der Waals surface area contributed by atoms with E-state index in [1.165, 1.54) is 154 Å². The van der Waals surface area contributed by atoms with Gasteiger partial charge in [0.05, 0.1) is 27.2 Å². The minimum atomic E-state index is -0.430. The number of nitrogens with one attached hydrogen (secondary N) is 2. The zero-order chi connectivity index (χ0) is 33.4. The Hall–Kier alpha value is -1.10. The van der Waals surface area contributed by atoms with Crippen LogP contribution in [0.15, 0.2) is 0 Å². The second-order valence-electron chi connectivity index (χ2n) is 15.2. The highest BCUT2D eigenvalue weighted by molar-refractivity contribution is 5.87. The summed E-state index contributed by atoms with van der Waals surface area (Å²) in [6, 6.07) is -0.430. The molecule has 5 nitrogen and oxygen atoms in total. The average Bonchev–Trinajstić information content (AvgIpc) is 3.00. The summed E-state index contributed by atoms with van der Waals surface area (Å²) >= 11 is 0. The number of carbonyl (C=O) groups excluding carboxylic acids is 2. The molecule has 0 rings (SSSR count). The average molecular weight is 637 g/mol. The molecule has 5 heteroatoms. The summed E-state index contributed by atoms with van der Waals surface area (Å²) in [6.07, 6.45) is 35.0. The van der Waals surface area contributed by atoms with Crippen molar-refractivity contribution in [2.45, 2.75) is 207 Å². The lowest BCUT2D eigenvalue weighted by molar-refractivity contribution is -0.890. The van der Waals surface area contributed by atoms with Crippen LogP contribution in [0.1, 0.15) is 201 Å². The van der Waals surface area contributed by atoms with E-state index in [0.29, 0.717) is 13.0 Å². The van der Waals surface area contributed by atoms with E-state index < -0.39 is 6.04 Å². The molecule has 0 aromatic heterocycles. The number of quaternary nitrogens is 1. The highest BCUT2D eigenvalue weighted by Crippen LogP contribution is 2.15. The Morgan fingerprint density at radius 3 is 1.27 bits per heavy atom. The van der Waals surface area contributed by atoms with Gasteiger partial charge in [-0.1, -0.05) is 156 Å². The van der Waals surface area contributed by atoms with Crippen molar-refractivity contribution in [3.63, 3.8) is 0 Å². The number of carbonyl (C=O) groups is 2. The first-order valence-electron chi connectivity index (χ1n) is 20.1. The van der Waals surface area contributed by atoms with E-state index in [4.69, 9.17) is 0 Å². The molecular weight excluding hydrogens is 554 g/mol. The molecule has 45 heavy (non-hydrogen) atoms. The van der Waals surface area contributed by atoms with Gasteiger partial charge in [0.25, 0.3) is 0 Å². The molecule has 0 aromatic rings. The van der Waals surface area contributed by atoms with Gasteiger partial charge in [-0.2, -0.15) is 0 Å². The van der Waals surface area contributed by atoms with E-state index in [-0.39, 0.29) is 17.7 Å². The van der Waals surface area contributed by atoms with Gasteiger partial charge in [0.1, 0.15) is 6.04 Å². The third-order valence-corrected chi connectivity index (χ3v) is 9.63. The Morgan fingerprint density at radius 1 is 0.511 bits per heavy atom. The van der Waals surface area contributed by atoms with Crippen LogP contribution in [0, 0.1) is 5.92 Å². The Morgan fingerprint density at radius 2 is 0.867 bits per heavy atom. The molecule has 0 unspecified atom stereocenters. The van der Waals surface area contributed by atoms with Crippen molar-refractivity contribution in [1.29, 1.82) is 0 Å². The number of amides is 2. The summed E-state index contributed by atoms with van der Waals surface area (Å²) in [4.78, 5) is 25.1. The highest BCUT2D eigenvalue weighted by atomic mass is 16.2. The van der Waals surface area contributed by atoms with Crippen molar-refractivity contribution in [2.75, 3.05) is 33.7 Å². The molecule has 0 aliphatic heterocycles. The molecule has 1 atom stereocenters. The minimum absolute atomic E-state index is 0.0136. The van der Waals surface area contributed by atoms with Gasteiger partial charge in [0.15, 0.2) is 0 Å². The molecular formula is C40H82N3O2+. The zero-order valence-corrected chi connectivity index (χ0v) is 31.6. The van der Waals surface area contributed by atoms with E-state index >= 15 is 0 Å². The largest absolute Gasteiger partial charge is 0.354 e. The molecule has 0 spiro atoms. The van der Waals surface area contributed by atoms with Crippen molar-refractivity contribution >= 4 is 11.8 Å².